The number of anilines is 1. The third-order valence-corrected chi connectivity index (χ3v) is 7.84. The lowest BCUT2D eigenvalue weighted by atomic mass is 9.95. The highest BCUT2D eigenvalue weighted by molar-refractivity contribution is 7.99. The second-order valence-corrected chi connectivity index (χ2v) is 10.0. The van der Waals surface area contributed by atoms with Gasteiger partial charge in [-0.05, 0) is 49.4 Å². The molecule has 2 aromatic heterocycles. The highest BCUT2D eigenvalue weighted by atomic mass is 35.5. The molecule has 0 bridgehead atoms. The number of halogens is 2. The largest absolute Gasteiger partial charge is 0.484 e. The van der Waals surface area contributed by atoms with E-state index in [4.69, 9.17) is 21.1 Å². The molecule has 34 heavy (non-hydrogen) atoms. The van der Waals surface area contributed by atoms with Gasteiger partial charge in [0.05, 0.1) is 23.4 Å². The molecule has 2 heterocycles. The molecule has 1 amide bonds. The Labute approximate surface area is 208 Å². The number of fused-ring (bicyclic) bond motifs is 1. The number of ether oxygens (including phenoxy) is 2. The van der Waals surface area contributed by atoms with Crippen molar-refractivity contribution in [3.05, 3.63) is 50.9 Å². The molecule has 180 valence electrons. The van der Waals surface area contributed by atoms with E-state index in [1.807, 2.05) is 0 Å². The molecule has 0 saturated carbocycles. The second kappa shape index (κ2) is 10.7. The van der Waals surface area contributed by atoms with Crippen LogP contribution in [0.3, 0.4) is 0 Å². The summed E-state index contributed by atoms with van der Waals surface area (Å²) in [5.74, 6) is -0.203. The minimum absolute atomic E-state index is 0.0743. The number of methoxy groups -OCH3 is 1. The fraction of sp³-hybridized carbons (Fsp3) is 0.364. The van der Waals surface area contributed by atoms with Gasteiger partial charge < -0.3 is 19.4 Å². The number of nitrogens with one attached hydrogen (secondary N) is 1. The molecule has 3 aromatic rings. The number of esters is 1. The van der Waals surface area contributed by atoms with Crippen LogP contribution in [0.1, 0.15) is 39.5 Å². The standard InChI is InChI=1S/C22H22ClFN4O4S2/c1-28-17(10-32-15-8-7-12(24)9-14(15)23)26-27-22(28)33-11-18(29)25-20-19(21(30)31-2)13-5-3-4-6-16(13)34-20/h7-9H,3-6,10-11H2,1-2H3,(H,25,29). The van der Waals surface area contributed by atoms with Crippen molar-refractivity contribution < 1.29 is 23.5 Å². The Bertz CT molecular complexity index is 1230. The van der Waals surface area contributed by atoms with Crippen LogP contribution in [0.5, 0.6) is 5.75 Å². The quantitative estimate of drug-likeness (QED) is 0.338. The molecule has 0 aliphatic heterocycles. The van der Waals surface area contributed by atoms with Gasteiger partial charge in [-0.25, -0.2) is 9.18 Å². The number of aromatic nitrogens is 3. The summed E-state index contributed by atoms with van der Waals surface area (Å²) in [5.41, 5.74) is 1.46. The number of amides is 1. The molecule has 8 nitrogen and oxygen atoms in total. The molecule has 0 radical (unpaired) electrons. The van der Waals surface area contributed by atoms with E-state index in [-0.39, 0.29) is 23.3 Å². The van der Waals surface area contributed by atoms with Gasteiger partial charge in [0, 0.05) is 11.9 Å². The number of hydrogen-bond acceptors (Lipinski definition) is 8. The average molecular weight is 525 g/mol. The van der Waals surface area contributed by atoms with E-state index in [9.17, 15) is 14.0 Å². The van der Waals surface area contributed by atoms with Crippen molar-refractivity contribution in [2.75, 3.05) is 18.2 Å². The summed E-state index contributed by atoms with van der Waals surface area (Å²) in [6.07, 6.45) is 3.81. The number of nitrogens with zero attached hydrogens (tertiary/aromatic N) is 3. The van der Waals surface area contributed by atoms with E-state index in [1.165, 1.54) is 48.4 Å². The van der Waals surface area contributed by atoms with Crippen LogP contribution < -0.4 is 10.1 Å². The van der Waals surface area contributed by atoms with Crippen molar-refractivity contribution in [1.82, 2.24) is 14.8 Å². The highest BCUT2D eigenvalue weighted by Crippen LogP contribution is 2.38. The predicted octanol–water partition coefficient (Wildman–Crippen LogP) is 4.64. The van der Waals surface area contributed by atoms with Crippen molar-refractivity contribution >= 4 is 51.6 Å². The molecule has 0 saturated heterocycles. The predicted molar refractivity (Wildman–Crippen MR) is 128 cm³/mol. The minimum atomic E-state index is -0.450. The van der Waals surface area contributed by atoms with Crippen LogP contribution in [-0.2, 0) is 36.0 Å². The van der Waals surface area contributed by atoms with Crippen molar-refractivity contribution in [1.29, 1.82) is 0 Å². The number of thiophene rings is 1. The Morgan fingerprint density at radius 3 is 2.85 bits per heavy atom. The van der Waals surface area contributed by atoms with E-state index in [0.29, 0.717) is 27.3 Å². The lowest BCUT2D eigenvalue weighted by molar-refractivity contribution is -0.113. The summed E-state index contributed by atoms with van der Waals surface area (Å²) in [7, 11) is 3.10. The first-order valence-corrected chi connectivity index (χ1v) is 12.7. The van der Waals surface area contributed by atoms with E-state index in [0.717, 1.165) is 36.1 Å². The number of carbonyl (C=O) groups is 2. The molecule has 1 aliphatic carbocycles. The molecule has 0 atom stereocenters. The molecule has 0 fully saturated rings. The Morgan fingerprint density at radius 2 is 2.09 bits per heavy atom. The number of rotatable bonds is 8. The van der Waals surface area contributed by atoms with Gasteiger partial charge in [0.15, 0.2) is 11.0 Å². The van der Waals surface area contributed by atoms with Crippen LogP contribution in [0.2, 0.25) is 5.02 Å². The molecule has 0 spiro atoms. The average Bonchev–Trinajstić information content (AvgIpc) is 3.36. The second-order valence-electron chi connectivity index (χ2n) is 7.56. The number of benzene rings is 1. The SMILES string of the molecule is COC(=O)c1c(NC(=O)CSc2nnc(COc3ccc(F)cc3Cl)n2C)sc2c1CCCC2. The first kappa shape index (κ1) is 24.5. The first-order valence-electron chi connectivity index (χ1n) is 10.5. The maximum atomic E-state index is 13.2. The highest BCUT2D eigenvalue weighted by Gasteiger charge is 2.27. The van der Waals surface area contributed by atoms with Crippen LogP contribution >= 0.6 is 34.7 Å². The van der Waals surface area contributed by atoms with E-state index in [1.54, 1.807) is 11.6 Å². The summed E-state index contributed by atoms with van der Waals surface area (Å²) in [6, 6.07) is 3.87. The van der Waals surface area contributed by atoms with Gasteiger partial charge in [0.25, 0.3) is 0 Å². The fourth-order valence-corrected chi connectivity index (χ4v) is 5.84. The topological polar surface area (TPSA) is 95.3 Å². The Hall–Kier alpha value is -2.63. The van der Waals surface area contributed by atoms with Crippen molar-refractivity contribution in [2.45, 2.75) is 37.4 Å². The van der Waals surface area contributed by atoms with Crippen LogP contribution in [0, 0.1) is 5.82 Å². The molecular weight excluding hydrogens is 503 g/mol. The molecule has 4 rings (SSSR count). The fourth-order valence-electron chi connectivity index (χ4n) is 3.60. The lowest BCUT2D eigenvalue weighted by Crippen LogP contribution is -2.17. The zero-order valence-electron chi connectivity index (χ0n) is 18.5. The Morgan fingerprint density at radius 1 is 1.29 bits per heavy atom. The number of aryl methyl sites for hydroxylation is 1. The smallest absolute Gasteiger partial charge is 0.341 e. The number of thioether (sulfide) groups is 1. The summed E-state index contributed by atoms with van der Waals surface area (Å²) >= 11 is 8.64. The van der Waals surface area contributed by atoms with Gasteiger partial charge in [-0.2, -0.15) is 0 Å². The maximum absolute atomic E-state index is 13.2. The van der Waals surface area contributed by atoms with Crippen LogP contribution in [-0.4, -0.2) is 39.5 Å². The molecular formula is C22H22ClFN4O4S2. The Balaban J connectivity index is 1.37. The van der Waals surface area contributed by atoms with Crippen molar-refractivity contribution in [2.24, 2.45) is 7.05 Å². The number of hydrogen-bond donors (Lipinski definition) is 1. The zero-order valence-corrected chi connectivity index (χ0v) is 20.9. The van der Waals surface area contributed by atoms with Crippen molar-refractivity contribution in [3.8, 4) is 5.75 Å². The lowest BCUT2D eigenvalue weighted by Gasteiger charge is -2.11. The normalized spacial score (nSPS) is 12.8. The molecule has 0 unspecified atom stereocenters. The molecule has 12 heteroatoms. The van der Waals surface area contributed by atoms with Gasteiger partial charge in [-0.1, -0.05) is 23.4 Å². The van der Waals surface area contributed by atoms with Gasteiger partial charge in [-0.15, -0.1) is 21.5 Å². The van der Waals surface area contributed by atoms with Gasteiger partial charge in [0.1, 0.15) is 23.2 Å². The zero-order chi connectivity index (χ0) is 24.2. The molecule has 1 aliphatic rings. The van der Waals surface area contributed by atoms with E-state index >= 15 is 0 Å². The van der Waals surface area contributed by atoms with Crippen LogP contribution in [0.15, 0.2) is 23.4 Å². The van der Waals surface area contributed by atoms with Gasteiger partial charge in [-0.3, -0.25) is 4.79 Å². The summed E-state index contributed by atoms with van der Waals surface area (Å²) in [6.45, 7) is 0.0743. The summed E-state index contributed by atoms with van der Waals surface area (Å²) in [5, 5.41) is 12.3. The third-order valence-electron chi connectivity index (χ3n) is 5.32. The van der Waals surface area contributed by atoms with Crippen LogP contribution in [0.4, 0.5) is 9.39 Å². The van der Waals surface area contributed by atoms with E-state index < -0.39 is 11.8 Å². The Kier molecular flexibility index (Phi) is 7.74. The molecule has 1 N–H and O–H groups in total. The number of carbonyl (C=O) groups excluding carboxylic acids is 2. The van der Waals surface area contributed by atoms with Crippen LogP contribution in [0.25, 0.3) is 0 Å². The maximum Gasteiger partial charge on any atom is 0.341 e. The molecule has 1 aromatic carbocycles. The van der Waals surface area contributed by atoms with Crippen molar-refractivity contribution in [3.63, 3.8) is 0 Å². The monoisotopic (exact) mass is 524 g/mol. The first-order chi connectivity index (χ1) is 16.4. The van der Waals surface area contributed by atoms with Gasteiger partial charge >= 0.3 is 5.97 Å². The van der Waals surface area contributed by atoms with Gasteiger partial charge in [0.2, 0.25) is 5.91 Å². The summed E-state index contributed by atoms with van der Waals surface area (Å²) < 4.78 is 25.4. The third kappa shape index (κ3) is 5.37. The minimum Gasteiger partial charge on any atom is -0.484 e. The van der Waals surface area contributed by atoms with E-state index in [2.05, 4.69) is 15.5 Å². The summed E-state index contributed by atoms with van der Waals surface area (Å²) in [4.78, 5) is 26.1.